The summed E-state index contributed by atoms with van der Waals surface area (Å²) in [6.45, 7) is 1.89. The zero-order chi connectivity index (χ0) is 13.8. The summed E-state index contributed by atoms with van der Waals surface area (Å²) in [5.41, 5.74) is 0. The van der Waals surface area contributed by atoms with Crippen molar-refractivity contribution in [2.24, 2.45) is 5.92 Å². The van der Waals surface area contributed by atoms with Crippen LogP contribution in [0.5, 0.6) is 0 Å². The maximum absolute atomic E-state index is 11.2. The lowest BCUT2D eigenvalue weighted by atomic mass is 10.0. The topological polar surface area (TPSA) is 100 Å². The number of nitriles is 2. The van der Waals surface area contributed by atoms with Gasteiger partial charge in [-0.15, -0.1) is 0 Å². The number of ether oxygens (including phenoxy) is 2. The molecule has 0 unspecified atom stereocenters. The van der Waals surface area contributed by atoms with E-state index in [2.05, 4.69) is 0 Å². The first-order chi connectivity index (χ1) is 8.60. The van der Waals surface area contributed by atoms with Crippen molar-refractivity contribution in [3.8, 4) is 12.1 Å². The molecule has 0 aliphatic rings. The lowest BCUT2D eigenvalue weighted by molar-refractivity contribution is -0.147. The predicted octanol–water partition coefficient (Wildman–Crippen LogP) is 1.32. The van der Waals surface area contributed by atoms with E-state index in [9.17, 15) is 9.59 Å². The SMILES string of the molecule is CC(CC(=O)OCCC#N)CC(=O)OCCC#N. The second-order valence-electron chi connectivity index (χ2n) is 3.77. The molecule has 0 aliphatic heterocycles. The van der Waals surface area contributed by atoms with Gasteiger partial charge in [-0.3, -0.25) is 9.59 Å². The molecule has 0 aromatic rings. The van der Waals surface area contributed by atoms with Gasteiger partial charge in [0.05, 0.1) is 25.0 Å². The van der Waals surface area contributed by atoms with Crippen LogP contribution in [0.15, 0.2) is 0 Å². The van der Waals surface area contributed by atoms with Gasteiger partial charge in [0.15, 0.2) is 0 Å². The molecule has 6 heteroatoms. The maximum atomic E-state index is 11.2. The molecule has 18 heavy (non-hydrogen) atoms. The number of hydrogen-bond acceptors (Lipinski definition) is 6. The summed E-state index contributed by atoms with van der Waals surface area (Å²) in [6, 6.07) is 3.72. The minimum Gasteiger partial charge on any atom is -0.465 e. The Morgan fingerprint density at radius 1 is 1.00 bits per heavy atom. The fraction of sp³-hybridized carbons (Fsp3) is 0.667. The van der Waals surface area contributed by atoms with Crippen LogP contribution in [-0.4, -0.2) is 25.2 Å². The monoisotopic (exact) mass is 252 g/mol. The van der Waals surface area contributed by atoms with E-state index in [1.165, 1.54) is 0 Å². The molecule has 0 spiro atoms. The molecule has 0 bridgehead atoms. The Balaban J connectivity index is 3.72. The van der Waals surface area contributed by atoms with Crippen LogP contribution in [0.25, 0.3) is 0 Å². The molecule has 0 heterocycles. The number of rotatable bonds is 8. The van der Waals surface area contributed by atoms with Crippen molar-refractivity contribution in [1.82, 2.24) is 0 Å². The summed E-state index contributed by atoms with van der Waals surface area (Å²) in [4.78, 5) is 22.5. The fourth-order valence-corrected chi connectivity index (χ4v) is 1.18. The highest BCUT2D eigenvalue weighted by molar-refractivity contribution is 5.73. The van der Waals surface area contributed by atoms with Gasteiger partial charge in [0, 0.05) is 12.8 Å². The molecule has 0 saturated heterocycles. The van der Waals surface area contributed by atoms with Crippen LogP contribution in [0.2, 0.25) is 0 Å². The van der Waals surface area contributed by atoms with Gasteiger partial charge in [-0.1, -0.05) is 6.92 Å². The van der Waals surface area contributed by atoms with Crippen LogP contribution < -0.4 is 0 Å². The van der Waals surface area contributed by atoms with Gasteiger partial charge in [0.1, 0.15) is 13.2 Å². The molecule has 6 nitrogen and oxygen atoms in total. The molecule has 0 atom stereocenters. The second kappa shape index (κ2) is 10.1. The Hall–Kier alpha value is -2.08. The van der Waals surface area contributed by atoms with Crippen molar-refractivity contribution < 1.29 is 19.1 Å². The first kappa shape index (κ1) is 15.9. The Morgan fingerprint density at radius 3 is 1.72 bits per heavy atom. The van der Waals surface area contributed by atoms with Crippen LogP contribution in [0.3, 0.4) is 0 Å². The van der Waals surface area contributed by atoms with E-state index < -0.39 is 11.9 Å². The summed E-state index contributed by atoms with van der Waals surface area (Å²) in [6.07, 6.45) is 0.546. The summed E-state index contributed by atoms with van der Waals surface area (Å²) < 4.78 is 9.55. The molecule has 0 amide bonds. The van der Waals surface area contributed by atoms with Gasteiger partial charge >= 0.3 is 11.9 Å². The fourth-order valence-electron chi connectivity index (χ4n) is 1.18. The Bertz CT molecular complexity index is 320. The third kappa shape index (κ3) is 9.17. The minimum absolute atomic E-state index is 0.0780. The van der Waals surface area contributed by atoms with Gasteiger partial charge in [-0.2, -0.15) is 10.5 Å². The van der Waals surface area contributed by atoms with Gasteiger partial charge < -0.3 is 9.47 Å². The molecule has 0 aromatic carbocycles. The smallest absolute Gasteiger partial charge is 0.306 e. The Kier molecular flexibility index (Phi) is 8.93. The quantitative estimate of drug-likeness (QED) is 0.477. The van der Waals surface area contributed by atoms with Crippen molar-refractivity contribution in [2.75, 3.05) is 13.2 Å². The number of esters is 2. The van der Waals surface area contributed by atoms with E-state index in [0.29, 0.717) is 0 Å². The van der Waals surface area contributed by atoms with Crippen molar-refractivity contribution in [1.29, 1.82) is 10.5 Å². The number of carbonyl (C=O) groups is 2. The standard InChI is InChI=1S/C12H16N2O4/c1-10(8-11(15)17-6-2-4-13)9-12(16)18-7-3-5-14/h10H,2-3,6-9H2,1H3. The van der Waals surface area contributed by atoms with Crippen molar-refractivity contribution in [3.05, 3.63) is 0 Å². The highest BCUT2D eigenvalue weighted by Gasteiger charge is 2.15. The lowest BCUT2D eigenvalue weighted by Crippen LogP contribution is -2.15. The molecule has 0 radical (unpaired) electrons. The molecular weight excluding hydrogens is 236 g/mol. The van der Waals surface area contributed by atoms with Crippen LogP contribution >= 0.6 is 0 Å². The summed E-state index contributed by atoms with van der Waals surface area (Å²) in [7, 11) is 0. The van der Waals surface area contributed by atoms with Crippen molar-refractivity contribution in [2.45, 2.75) is 32.6 Å². The van der Waals surface area contributed by atoms with E-state index in [1.54, 1.807) is 6.92 Å². The van der Waals surface area contributed by atoms with Gasteiger partial charge in [-0.25, -0.2) is 0 Å². The lowest BCUT2D eigenvalue weighted by Gasteiger charge is -2.09. The van der Waals surface area contributed by atoms with E-state index >= 15 is 0 Å². The Morgan fingerprint density at radius 2 is 1.39 bits per heavy atom. The van der Waals surface area contributed by atoms with Crippen molar-refractivity contribution >= 4 is 11.9 Å². The van der Waals surface area contributed by atoms with Crippen LogP contribution in [0.4, 0.5) is 0 Å². The summed E-state index contributed by atoms with van der Waals surface area (Å²) >= 11 is 0. The third-order valence-electron chi connectivity index (χ3n) is 1.98. The number of carbonyl (C=O) groups excluding carboxylic acids is 2. The number of nitrogens with zero attached hydrogens (tertiary/aromatic N) is 2. The van der Waals surface area contributed by atoms with Gasteiger partial charge in [0.2, 0.25) is 0 Å². The molecule has 0 aromatic heterocycles. The van der Waals surface area contributed by atoms with Crippen molar-refractivity contribution in [3.63, 3.8) is 0 Å². The molecule has 0 rings (SSSR count). The third-order valence-corrected chi connectivity index (χ3v) is 1.98. The largest absolute Gasteiger partial charge is 0.465 e. The first-order valence-corrected chi connectivity index (χ1v) is 5.65. The maximum Gasteiger partial charge on any atom is 0.306 e. The summed E-state index contributed by atoms with van der Waals surface area (Å²) in [5, 5.41) is 16.5. The molecular formula is C12H16N2O4. The van der Waals surface area contributed by atoms with Gasteiger partial charge in [0.25, 0.3) is 0 Å². The molecule has 0 saturated carbocycles. The zero-order valence-corrected chi connectivity index (χ0v) is 10.3. The Labute approximate surface area is 106 Å². The van der Waals surface area contributed by atoms with E-state index in [-0.39, 0.29) is 44.8 Å². The molecule has 0 aliphatic carbocycles. The van der Waals surface area contributed by atoms with E-state index in [1.807, 2.05) is 12.1 Å². The molecule has 0 fully saturated rings. The number of hydrogen-bond donors (Lipinski definition) is 0. The van der Waals surface area contributed by atoms with E-state index in [4.69, 9.17) is 20.0 Å². The molecule has 98 valence electrons. The second-order valence-corrected chi connectivity index (χ2v) is 3.77. The average molecular weight is 252 g/mol. The van der Waals surface area contributed by atoms with E-state index in [0.717, 1.165) is 0 Å². The average Bonchev–Trinajstić information content (AvgIpc) is 2.29. The van der Waals surface area contributed by atoms with Crippen LogP contribution in [0, 0.1) is 28.6 Å². The van der Waals surface area contributed by atoms with Gasteiger partial charge in [-0.05, 0) is 5.92 Å². The highest BCUT2D eigenvalue weighted by Crippen LogP contribution is 2.10. The normalized spacial score (nSPS) is 9.33. The predicted molar refractivity (Wildman–Crippen MR) is 60.8 cm³/mol. The molecule has 0 N–H and O–H groups in total. The first-order valence-electron chi connectivity index (χ1n) is 5.65. The van der Waals surface area contributed by atoms with Crippen LogP contribution in [-0.2, 0) is 19.1 Å². The minimum atomic E-state index is -0.428. The summed E-state index contributed by atoms with van der Waals surface area (Å²) in [5.74, 6) is -1.04. The van der Waals surface area contributed by atoms with Crippen LogP contribution in [0.1, 0.15) is 32.6 Å². The highest BCUT2D eigenvalue weighted by atomic mass is 16.5. The zero-order valence-electron chi connectivity index (χ0n) is 10.3.